The number of piperazine rings is 1. The molecule has 8 heteroatoms. The van der Waals surface area contributed by atoms with Gasteiger partial charge in [0.15, 0.2) is 0 Å². The van der Waals surface area contributed by atoms with E-state index in [9.17, 15) is 4.79 Å². The van der Waals surface area contributed by atoms with Crippen LogP contribution in [0, 0.1) is 6.92 Å². The molecule has 1 fully saturated rings. The zero-order valence-corrected chi connectivity index (χ0v) is 16.5. The van der Waals surface area contributed by atoms with E-state index in [1.807, 2.05) is 29.3 Å². The van der Waals surface area contributed by atoms with Crippen molar-refractivity contribution in [1.82, 2.24) is 15.2 Å². The lowest BCUT2D eigenvalue weighted by atomic mass is 10.1. The van der Waals surface area contributed by atoms with Crippen LogP contribution in [0.5, 0.6) is 0 Å². The Kier molecular flexibility index (Phi) is 7.48. The number of amides is 1. The van der Waals surface area contributed by atoms with Crippen molar-refractivity contribution in [2.75, 3.05) is 13.1 Å². The molecule has 2 atom stereocenters. The minimum Gasteiger partial charge on any atom is -0.332 e. The van der Waals surface area contributed by atoms with Crippen LogP contribution in [0.3, 0.4) is 0 Å². The highest BCUT2D eigenvalue weighted by atomic mass is 35.5. The van der Waals surface area contributed by atoms with E-state index in [2.05, 4.69) is 24.1 Å². The second kappa shape index (κ2) is 8.44. The van der Waals surface area contributed by atoms with Gasteiger partial charge in [0.1, 0.15) is 9.88 Å². The molecule has 23 heavy (non-hydrogen) atoms. The fourth-order valence-corrected chi connectivity index (χ4v) is 4.39. The minimum absolute atomic E-state index is 0. The van der Waals surface area contributed by atoms with Gasteiger partial charge < -0.3 is 10.2 Å². The van der Waals surface area contributed by atoms with E-state index in [1.165, 1.54) is 11.3 Å². The van der Waals surface area contributed by atoms with Crippen molar-refractivity contribution in [3.63, 3.8) is 0 Å². The third-order valence-corrected chi connectivity index (χ3v) is 6.20. The number of halogens is 2. The Morgan fingerprint density at radius 2 is 2.13 bits per heavy atom. The summed E-state index contributed by atoms with van der Waals surface area (Å²) in [6, 6.07) is 4.59. The normalized spacial score (nSPS) is 20.6. The van der Waals surface area contributed by atoms with Gasteiger partial charge in [-0.3, -0.25) is 4.79 Å². The number of hydrogen-bond donors (Lipinski definition) is 1. The van der Waals surface area contributed by atoms with Gasteiger partial charge in [-0.05, 0) is 32.2 Å². The highest BCUT2D eigenvalue weighted by Crippen LogP contribution is 2.32. The number of nitrogens with zero attached hydrogens (tertiary/aromatic N) is 2. The smallest absolute Gasteiger partial charge is 0.266 e. The third kappa shape index (κ3) is 4.06. The molecule has 128 valence electrons. The summed E-state index contributed by atoms with van der Waals surface area (Å²) in [5.74, 6) is 0.119. The number of aryl methyl sites for hydroxylation is 1. The molecular formula is C15H21Cl2N3OS2. The van der Waals surface area contributed by atoms with Crippen molar-refractivity contribution in [2.24, 2.45) is 0 Å². The number of carbonyl (C=O) groups is 1. The predicted octanol–water partition coefficient (Wildman–Crippen LogP) is 3.85. The molecule has 4 nitrogen and oxygen atoms in total. The Morgan fingerprint density at radius 1 is 1.39 bits per heavy atom. The van der Waals surface area contributed by atoms with Crippen LogP contribution in [0.1, 0.15) is 29.2 Å². The summed E-state index contributed by atoms with van der Waals surface area (Å²) in [6.07, 6.45) is 0. The summed E-state index contributed by atoms with van der Waals surface area (Å²) >= 11 is 3.17. The summed E-state index contributed by atoms with van der Waals surface area (Å²) < 4.78 is 0. The predicted molar refractivity (Wildman–Crippen MR) is 103 cm³/mol. The Bertz CT molecular complexity index is 645. The van der Waals surface area contributed by atoms with Gasteiger partial charge in [0, 0.05) is 25.2 Å². The van der Waals surface area contributed by atoms with E-state index in [4.69, 9.17) is 0 Å². The zero-order chi connectivity index (χ0) is 15.0. The third-order valence-electron chi connectivity index (χ3n) is 4.02. The molecule has 2 aromatic heterocycles. The molecule has 3 rings (SSSR count). The number of thiazole rings is 1. The van der Waals surface area contributed by atoms with Crippen LogP contribution in [0.25, 0.3) is 9.88 Å². The van der Waals surface area contributed by atoms with E-state index in [1.54, 1.807) is 11.3 Å². The number of rotatable bonds is 2. The van der Waals surface area contributed by atoms with E-state index in [-0.39, 0.29) is 36.8 Å². The molecule has 0 spiro atoms. The maximum Gasteiger partial charge on any atom is 0.266 e. The molecule has 0 aliphatic carbocycles. The number of hydrogen-bond acceptors (Lipinski definition) is 5. The quantitative estimate of drug-likeness (QED) is 0.842. The fraction of sp³-hybridized carbons (Fsp3) is 0.467. The number of aromatic nitrogens is 1. The molecule has 0 radical (unpaired) electrons. The Labute approximate surface area is 157 Å². The molecular weight excluding hydrogens is 373 g/mol. The van der Waals surface area contributed by atoms with E-state index >= 15 is 0 Å². The molecule has 2 aromatic rings. The second-order valence-corrected chi connectivity index (χ2v) is 7.34. The molecule has 3 heterocycles. The number of thiophene rings is 1. The van der Waals surface area contributed by atoms with Crippen molar-refractivity contribution >= 4 is 53.4 Å². The van der Waals surface area contributed by atoms with Gasteiger partial charge >= 0.3 is 0 Å². The van der Waals surface area contributed by atoms with Crippen LogP contribution in [0.2, 0.25) is 0 Å². The largest absolute Gasteiger partial charge is 0.332 e. The molecule has 2 unspecified atom stereocenters. The number of carbonyl (C=O) groups excluding carboxylic acids is 1. The lowest BCUT2D eigenvalue weighted by Gasteiger charge is -2.38. The van der Waals surface area contributed by atoms with Crippen molar-refractivity contribution in [3.05, 3.63) is 28.1 Å². The van der Waals surface area contributed by atoms with Crippen LogP contribution in [0.15, 0.2) is 17.5 Å². The molecule has 0 saturated carbocycles. The summed E-state index contributed by atoms with van der Waals surface area (Å²) in [5.41, 5.74) is 0.840. The first-order valence-corrected chi connectivity index (χ1v) is 8.83. The summed E-state index contributed by atoms with van der Waals surface area (Å²) in [4.78, 5) is 21.3. The highest BCUT2D eigenvalue weighted by Gasteiger charge is 2.30. The molecule has 1 N–H and O–H groups in total. The summed E-state index contributed by atoms with van der Waals surface area (Å²) in [7, 11) is 0. The van der Waals surface area contributed by atoms with Crippen LogP contribution in [-0.2, 0) is 0 Å². The standard InChI is InChI=1S/C15H19N3OS2.2ClH/c1-9-11(3)18(7-6-16-9)15(19)13-10(2)17-14(21-13)12-5-4-8-20-12;;/h4-5,8-9,11,16H,6-7H2,1-3H3;2*1H. The molecule has 1 amide bonds. The molecule has 0 bridgehead atoms. The first kappa shape index (κ1) is 20.4. The SMILES string of the molecule is Cc1nc(-c2cccs2)sc1C(=O)N1CCNC(C)C1C.Cl.Cl. The van der Waals surface area contributed by atoms with Crippen LogP contribution in [-0.4, -0.2) is 41.0 Å². The van der Waals surface area contributed by atoms with Crippen molar-refractivity contribution in [2.45, 2.75) is 32.9 Å². The Balaban J connectivity index is 0.00000132. The Hall–Kier alpha value is -0.660. The summed E-state index contributed by atoms with van der Waals surface area (Å²) in [6.45, 7) is 7.77. The van der Waals surface area contributed by atoms with Gasteiger partial charge in [0.25, 0.3) is 5.91 Å². The van der Waals surface area contributed by atoms with Crippen molar-refractivity contribution < 1.29 is 4.79 Å². The minimum atomic E-state index is 0. The maximum atomic E-state index is 12.8. The topological polar surface area (TPSA) is 45.2 Å². The van der Waals surface area contributed by atoms with Crippen molar-refractivity contribution in [1.29, 1.82) is 0 Å². The van der Waals surface area contributed by atoms with Gasteiger partial charge in [-0.1, -0.05) is 6.07 Å². The lowest BCUT2D eigenvalue weighted by Crippen LogP contribution is -2.57. The maximum absolute atomic E-state index is 12.8. The second-order valence-electron chi connectivity index (χ2n) is 5.39. The first-order chi connectivity index (χ1) is 10.1. The highest BCUT2D eigenvalue weighted by molar-refractivity contribution is 7.22. The fourth-order valence-electron chi connectivity index (χ4n) is 2.57. The number of nitrogens with one attached hydrogen (secondary N) is 1. The first-order valence-electron chi connectivity index (χ1n) is 7.13. The van der Waals surface area contributed by atoms with E-state index in [0.29, 0.717) is 6.04 Å². The van der Waals surface area contributed by atoms with Gasteiger partial charge in [-0.25, -0.2) is 4.98 Å². The average molecular weight is 394 g/mol. The van der Waals surface area contributed by atoms with Gasteiger partial charge in [-0.2, -0.15) is 0 Å². The van der Waals surface area contributed by atoms with Gasteiger partial charge in [0.05, 0.1) is 10.6 Å². The summed E-state index contributed by atoms with van der Waals surface area (Å²) in [5, 5.41) is 6.39. The molecule has 1 aliphatic heterocycles. The zero-order valence-electron chi connectivity index (χ0n) is 13.2. The van der Waals surface area contributed by atoms with Crippen molar-refractivity contribution in [3.8, 4) is 9.88 Å². The van der Waals surface area contributed by atoms with Crippen LogP contribution in [0.4, 0.5) is 0 Å². The monoisotopic (exact) mass is 393 g/mol. The molecule has 1 saturated heterocycles. The molecule has 1 aliphatic rings. The lowest BCUT2D eigenvalue weighted by molar-refractivity contribution is 0.0607. The van der Waals surface area contributed by atoms with E-state index < -0.39 is 0 Å². The average Bonchev–Trinajstić information content (AvgIpc) is 3.10. The Morgan fingerprint density at radius 3 is 2.78 bits per heavy atom. The molecule has 0 aromatic carbocycles. The van der Waals surface area contributed by atoms with Crippen LogP contribution < -0.4 is 5.32 Å². The van der Waals surface area contributed by atoms with Gasteiger partial charge in [-0.15, -0.1) is 47.5 Å². The van der Waals surface area contributed by atoms with E-state index in [0.717, 1.165) is 33.5 Å². The van der Waals surface area contributed by atoms with Gasteiger partial charge in [0.2, 0.25) is 0 Å². The van der Waals surface area contributed by atoms with Crippen LogP contribution >= 0.6 is 47.5 Å².